The minimum absolute atomic E-state index is 0.239. The lowest BCUT2D eigenvalue weighted by atomic mass is 9.87. The average Bonchev–Trinajstić information content (AvgIpc) is 3.37. The van der Waals surface area contributed by atoms with Crippen LogP contribution in [0.25, 0.3) is 5.69 Å². The molecule has 6 nitrogen and oxygen atoms in total. The van der Waals surface area contributed by atoms with Gasteiger partial charge in [-0.2, -0.15) is 18.3 Å². The fourth-order valence-corrected chi connectivity index (χ4v) is 3.81. The van der Waals surface area contributed by atoms with Crippen LogP contribution in [0.5, 0.6) is 0 Å². The van der Waals surface area contributed by atoms with Gasteiger partial charge in [-0.05, 0) is 35.9 Å². The summed E-state index contributed by atoms with van der Waals surface area (Å²) in [6, 6.07) is 13.4. The number of nitrogens with one attached hydrogen (secondary N) is 1. The second-order valence-electron chi connectivity index (χ2n) is 7.38. The minimum atomic E-state index is -4.45. The number of alkyl halides is 3. The van der Waals surface area contributed by atoms with Crippen LogP contribution in [0.4, 0.5) is 18.9 Å². The van der Waals surface area contributed by atoms with Crippen LogP contribution in [-0.4, -0.2) is 40.1 Å². The molecule has 0 saturated carbocycles. The minimum Gasteiger partial charge on any atom is -0.344 e. The van der Waals surface area contributed by atoms with Gasteiger partial charge in [-0.3, -0.25) is 9.59 Å². The molecule has 160 valence electrons. The number of rotatable bonds is 4. The van der Waals surface area contributed by atoms with E-state index in [0.717, 1.165) is 12.1 Å². The number of nitrogens with zero attached hydrogens (tertiary/aromatic N) is 3. The Morgan fingerprint density at radius 2 is 1.81 bits per heavy atom. The number of carbonyl (C=O) groups excluding carboxylic acids is 2. The van der Waals surface area contributed by atoms with Crippen molar-refractivity contribution in [2.45, 2.75) is 12.1 Å². The first-order chi connectivity index (χ1) is 14.8. The smallest absolute Gasteiger partial charge is 0.344 e. The van der Waals surface area contributed by atoms with Crippen LogP contribution in [0.1, 0.15) is 17.0 Å². The number of halogens is 3. The predicted octanol–water partition coefficient (Wildman–Crippen LogP) is 3.70. The van der Waals surface area contributed by atoms with E-state index in [0.29, 0.717) is 16.9 Å². The molecule has 1 fully saturated rings. The highest BCUT2D eigenvalue weighted by molar-refractivity contribution is 6.09. The van der Waals surface area contributed by atoms with E-state index in [1.165, 1.54) is 17.0 Å². The number of carbonyl (C=O) groups is 2. The fourth-order valence-electron chi connectivity index (χ4n) is 3.81. The Bertz CT molecular complexity index is 1090. The number of hydrogen-bond donors (Lipinski definition) is 1. The molecule has 2 amide bonds. The third kappa shape index (κ3) is 4.03. The maximum absolute atomic E-state index is 13.1. The van der Waals surface area contributed by atoms with E-state index in [4.69, 9.17) is 0 Å². The van der Waals surface area contributed by atoms with Gasteiger partial charge >= 0.3 is 6.18 Å². The Morgan fingerprint density at radius 3 is 2.45 bits per heavy atom. The number of likely N-dealkylation sites (N-methyl/N-ethyl adjacent to an activating group) is 1. The van der Waals surface area contributed by atoms with Gasteiger partial charge in [-0.15, -0.1) is 0 Å². The molecule has 0 unspecified atom stereocenters. The van der Waals surface area contributed by atoms with Crippen molar-refractivity contribution in [3.8, 4) is 5.69 Å². The Balaban J connectivity index is 1.61. The zero-order valence-corrected chi connectivity index (χ0v) is 16.5. The Labute approximate surface area is 176 Å². The van der Waals surface area contributed by atoms with E-state index >= 15 is 0 Å². The lowest BCUT2D eigenvalue weighted by molar-refractivity contribution is -0.138. The van der Waals surface area contributed by atoms with Gasteiger partial charge in [0.1, 0.15) is 5.92 Å². The number of likely N-dealkylation sites (tertiary alicyclic amines) is 1. The molecule has 0 aliphatic carbocycles. The largest absolute Gasteiger partial charge is 0.416 e. The van der Waals surface area contributed by atoms with Gasteiger partial charge in [-0.1, -0.05) is 24.3 Å². The first-order valence-corrected chi connectivity index (χ1v) is 9.58. The molecule has 0 bridgehead atoms. The van der Waals surface area contributed by atoms with Crippen LogP contribution < -0.4 is 5.32 Å². The van der Waals surface area contributed by atoms with Crippen LogP contribution in [0.2, 0.25) is 0 Å². The molecule has 9 heteroatoms. The first-order valence-electron chi connectivity index (χ1n) is 9.58. The Hall–Kier alpha value is -3.62. The topological polar surface area (TPSA) is 67.2 Å². The van der Waals surface area contributed by atoms with Crippen LogP contribution in [-0.2, 0) is 15.8 Å². The summed E-state index contributed by atoms with van der Waals surface area (Å²) in [4.78, 5) is 27.3. The van der Waals surface area contributed by atoms with E-state index in [1.807, 2.05) is 0 Å². The zero-order valence-electron chi connectivity index (χ0n) is 16.5. The Morgan fingerprint density at radius 1 is 1.10 bits per heavy atom. The van der Waals surface area contributed by atoms with Gasteiger partial charge < -0.3 is 10.2 Å². The molecule has 1 aliphatic rings. The fraction of sp³-hybridized carbons (Fsp3) is 0.227. The van der Waals surface area contributed by atoms with Crippen molar-refractivity contribution in [2.24, 2.45) is 5.92 Å². The molecule has 4 rings (SSSR count). The highest BCUT2D eigenvalue weighted by atomic mass is 19.4. The molecule has 31 heavy (non-hydrogen) atoms. The molecule has 1 aromatic heterocycles. The second kappa shape index (κ2) is 7.90. The van der Waals surface area contributed by atoms with E-state index in [-0.39, 0.29) is 12.5 Å². The maximum Gasteiger partial charge on any atom is 0.416 e. The van der Waals surface area contributed by atoms with Gasteiger partial charge in [0.05, 0.1) is 16.9 Å². The summed E-state index contributed by atoms with van der Waals surface area (Å²) in [5, 5.41) is 6.97. The monoisotopic (exact) mass is 428 g/mol. The lowest BCUT2D eigenvalue weighted by Crippen LogP contribution is -2.33. The standard InChI is InChI=1S/C22H19F3N4O2/c1-28-13-16(14-7-9-15(10-8-14)22(23,24)25)19(21(28)31)20(30)27-17-5-2-3-6-18(17)29-12-4-11-26-29/h2-12,16,19H,13H2,1H3,(H,27,30)/t16-,19+/m1/s1. The van der Waals surface area contributed by atoms with Gasteiger partial charge in [-0.25, -0.2) is 4.68 Å². The summed E-state index contributed by atoms with van der Waals surface area (Å²) in [5.74, 6) is -2.50. The summed E-state index contributed by atoms with van der Waals surface area (Å²) in [6.07, 6.45) is -1.12. The van der Waals surface area contributed by atoms with Crippen molar-refractivity contribution < 1.29 is 22.8 Å². The third-order valence-electron chi connectivity index (χ3n) is 5.38. The van der Waals surface area contributed by atoms with Gasteiger partial charge in [0.2, 0.25) is 11.8 Å². The lowest BCUT2D eigenvalue weighted by Gasteiger charge is -2.19. The predicted molar refractivity (Wildman–Crippen MR) is 108 cm³/mol. The number of aromatic nitrogens is 2. The molecule has 2 atom stereocenters. The molecular formula is C22H19F3N4O2. The molecule has 2 aromatic carbocycles. The SMILES string of the molecule is CN1C[C@H](c2ccc(C(F)(F)F)cc2)[C@@H](C(=O)Nc2ccccc2-n2cccn2)C1=O. The summed E-state index contributed by atoms with van der Waals surface area (Å²) in [6.45, 7) is 0.239. The van der Waals surface area contributed by atoms with Crippen molar-refractivity contribution in [1.29, 1.82) is 0 Å². The highest BCUT2D eigenvalue weighted by Crippen LogP contribution is 2.36. The van der Waals surface area contributed by atoms with Crippen molar-refractivity contribution in [3.63, 3.8) is 0 Å². The maximum atomic E-state index is 13.1. The summed E-state index contributed by atoms with van der Waals surface area (Å²) < 4.78 is 40.3. The molecule has 2 heterocycles. The van der Waals surface area contributed by atoms with Crippen LogP contribution in [0, 0.1) is 5.92 Å². The van der Waals surface area contributed by atoms with Crippen molar-refractivity contribution in [3.05, 3.63) is 78.1 Å². The van der Waals surface area contributed by atoms with Crippen molar-refractivity contribution in [1.82, 2.24) is 14.7 Å². The average molecular weight is 428 g/mol. The number of anilines is 1. The molecular weight excluding hydrogens is 409 g/mol. The number of para-hydroxylation sites is 2. The molecule has 1 N–H and O–H groups in total. The van der Waals surface area contributed by atoms with E-state index < -0.39 is 29.5 Å². The summed E-state index contributed by atoms with van der Waals surface area (Å²) in [7, 11) is 1.57. The molecule has 1 saturated heterocycles. The molecule has 0 radical (unpaired) electrons. The number of amides is 2. The summed E-state index contributed by atoms with van der Waals surface area (Å²) in [5.41, 5.74) is 0.838. The van der Waals surface area contributed by atoms with E-state index in [2.05, 4.69) is 10.4 Å². The Kier molecular flexibility index (Phi) is 5.26. The normalized spacial score (nSPS) is 19.0. The van der Waals surface area contributed by atoms with E-state index in [1.54, 1.807) is 54.5 Å². The quantitative estimate of drug-likeness (QED) is 0.645. The summed E-state index contributed by atoms with van der Waals surface area (Å²) >= 11 is 0. The second-order valence-corrected chi connectivity index (χ2v) is 7.38. The molecule has 3 aromatic rings. The highest BCUT2D eigenvalue weighted by Gasteiger charge is 2.44. The third-order valence-corrected chi connectivity index (χ3v) is 5.38. The number of benzene rings is 2. The van der Waals surface area contributed by atoms with Gasteiger partial charge in [0.25, 0.3) is 0 Å². The molecule has 1 aliphatic heterocycles. The van der Waals surface area contributed by atoms with Crippen molar-refractivity contribution in [2.75, 3.05) is 18.9 Å². The van der Waals surface area contributed by atoms with Gasteiger partial charge in [0.15, 0.2) is 0 Å². The molecule has 0 spiro atoms. The van der Waals surface area contributed by atoms with E-state index in [9.17, 15) is 22.8 Å². The van der Waals surface area contributed by atoms with Crippen molar-refractivity contribution >= 4 is 17.5 Å². The van der Waals surface area contributed by atoms with Crippen LogP contribution in [0.3, 0.4) is 0 Å². The zero-order chi connectivity index (χ0) is 22.2. The number of hydrogen-bond acceptors (Lipinski definition) is 3. The first kappa shape index (κ1) is 20.6. The van der Waals surface area contributed by atoms with Gasteiger partial charge in [0, 0.05) is 31.9 Å². The van der Waals surface area contributed by atoms with Crippen LogP contribution in [0.15, 0.2) is 67.0 Å². The van der Waals surface area contributed by atoms with Crippen LogP contribution >= 0.6 is 0 Å².